The number of hydrogen-bond donors (Lipinski definition) is 1. The average molecular weight is 188 g/mol. The molecule has 0 aliphatic carbocycles. The molecule has 1 atom stereocenters. The van der Waals surface area contributed by atoms with Crippen molar-refractivity contribution in [2.45, 2.75) is 11.8 Å². The molecular formula is C11H12N2O. The minimum Gasteiger partial charge on any atom is -0.330 e. The lowest BCUT2D eigenvalue weighted by atomic mass is 9.81. The highest BCUT2D eigenvalue weighted by Gasteiger charge is 2.34. The Balaban J connectivity index is 2.49. The number of fused-ring (bicyclic) bond motifs is 1. The van der Waals surface area contributed by atoms with E-state index in [4.69, 9.17) is 5.73 Å². The summed E-state index contributed by atoms with van der Waals surface area (Å²) >= 11 is 0. The van der Waals surface area contributed by atoms with Crippen molar-refractivity contribution in [1.82, 2.24) is 0 Å². The maximum atomic E-state index is 11.1. The summed E-state index contributed by atoms with van der Waals surface area (Å²) in [5.41, 5.74) is 6.78. The van der Waals surface area contributed by atoms with Crippen LogP contribution in [0.3, 0.4) is 0 Å². The summed E-state index contributed by atoms with van der Waals surface area (Å²) in [6.07, 6.45) is 3.27. The van der Waals surface area contributed by atoms with E-state index in [1.807, 2.05) is 24.3 Å². The number of carbonyl (C=O) groups is 1. The number of rotatable bonds is 3. The summed E-state index contributed by atoms with van der Waals surface area (Å²) in [5, 5.41) is 0. The smallest absolute Gasteiger partial charge is 0.136 e. The third-order valence-corrected chi connectivity index (χ3v) is 2.61. The van der Waals surface area contributed by atoms with E-state index >= 15 is 0 Å². The highest BCUT2D eigenvalue weighted by molar-refractivity contribution is 6.00. The maximum Gasteiger partial charge on any atom is 0.136 e. The van der Waals surface area contributed by atoms with Gasteiger partial charge in [0, 0.05) is 6.21 Å². The van der Waals surface area contributed by atoms with Crippen molar-refractivity contribution in [2.24, 2.45) is 10.7 Å². The number of benzene rings is 1. The maximum absolute atomic E-state index is 11.1. The predicted octanol–water partition coefficient (Wildman–Crippen LogP) is 1.19. The number of aldehydes is 1. The molecule has 1 unspecified atom stereocenters. The SMILES string of the molecule is NCCC1(C=O)C=Nc2ccccc21. The van der Waals surface area contributed by atoms with Crippen molar-refractivity contribution in [3.05, 3.63) is 29.8 Å². The lowest BCUT2D eigenvalue weighted by molar-refractivity contribution is -0.110. The molecule has 1 aliphatic heterocycles. The first-order valence-electron chi connectivity index (χ1n) is 4.63. The van der Waals surface area contributed by atoms with Crippen molar-refractivity contribution >= 4 is 18.2 Å². The fourth-order valence-electron chi connectivity index (χ4n) is 1.82. The third-order valence-electron chi connectivity index (χ3n) is 2.61. The van der Waals surface area contributed by atoms with E-state index in [1.165, 1.54) is 0 Å². The van der Waals surface area contributed by atoms with Crippen LogP contribution in [-0.4, -0.2) is 19.0 Å². The van der Waals surface area contributed by atoms with Crippen LogP contribution in [0.4, 0.5) is 5.69 Å². The molecule has 0 aromatic heterocycles. The second kappa shape index (κ2) is 3.35. The van der Waals surface area contributed by atoms with E-state index in [-0.39, 0.29) is 0 Å². The monoisotopic (exact) mass is 188 g/mol. The molecule has 1 aromatic rings. The first-order valence-corrected chi connectivity index (χ1v) is 4.63. The molecule has 0 radical (unpaired) electrons. The van der Waals surface area contributed by atoms with Crippen LogP contribution in [0.15, 0.2) is 29.3 Å². The summed E-state index contributed by atoms with van der Waals surface area (Å²) in [6.45, 7) is 0.485. The van der Waals surface area contributed by atoms with E-state index in [2.05, 4.69) is 4.99 Å². The Labute approximate surface area is 82.6 Å². The molecule has 0 fully saturated rings. The molecule has 2 N–H and O–H groups in total. The third kappa shape index (κ3) is 1.17. The number of nitrogens with two attached hydrogens (primary N) is 1. The van der Waals surface area contributed by atoms with Gasteiger partial charge >= 0.3 is 0 Å². The van der Waals surface area contributed by atoms with Crippen LogP contribution in [-0.2, 0) is 10.2 Å². The van der Waals surface area contributed by atoms with Crippen molar-refractivity contribution in [2.75, 3.05) is 6.54 Å². The number of aliphatic imine (C=N–C) groups is 1. The van der Waals surface area contributed by atoms with Crippen molar-refractivity contribution < 1.29 is 4.79 Å². The summed E-state index contributed by atoms with van der Waals surface area (Å²) in [7, 11) is 0. The highest BCUT2D eigenvalue weighted by Crippen LogP contribution is 2.37. The standard InChI is InChI=1S/C11H12N2O/c12-6-5-11(8-14)7-13-10-4-2-1-3-9(10)11/h1-4,7-8H,5-6,12H2. The normalized spacial score (nSPS) is 23.5. The second-order valence-electron chi connectivity index (χ2n) is 3.47. The van der Waals surface area contributed by atoms with Gasteiger partial charge in [0.25, 0.3) is 0 Å². The molecule has 0 saturated heterocycles. The molecule has 14 heavy (non-hydrogen) atoms. The Morgan fingerprint density at radius 3 is 2.93 bits per heavy atom. The molecule has 0 saturated carbocycles. The zero-order valence-corrected chi connectivity index (χ0v) is 7.81. The van der Waals surface area contributed by atoms with Crippen LogP contribution in [0.25, 0.3) is 0 Å². The van der Waals surface area contributed by atoms with Gasteiger partial charge in [0.1, 0.15) is 6.29 Å². The van der Waals surface area contributed by atoms with Crippen molar-refractivity contribution in [3.63, 3.8) is 0 Å². The van der Waals surface area contributed by atoms with E-state index in [1.54, 1.807) is 6.21 Å². The minimum atomic E-state index is -0.578. The minimum absolute atomic E-state index is 0.485. The zero-order chi connectivity index (χ0) is 10.0. The van der Waals surface area contributed by atoms with Gasteiger partial charge in [-0.15, -0.1) is 0 Å². The molecule has 2 rings (SSSR count). The summed E-state index contributed by atoms with van der Waals surface area (Å²) in [5.74, 6) is 0. The molecule has 1 aromatic carbocycles. The predicted molar refractivity (Wildman–Crippen MR) is 56.0 cm³/mol. The molecule has 0 bridgehead atoms. The highest BCUT2D eigenvalue weighted by atomic mass is 16.1. The van der Waals surface area contributed by atoms with Gasteiger partial charge in [0.2, 0.25) is 0 Å². The van der Waals surface area contributed by atoms with E-state index in [0.29, 0.717) is 13.0 Å². The largest absolute Gasteiger partial charge is 0.330 e. The van der Waals surface area contributed by atoms with E-state index in [9.17, 15) is 4.79 Å². The second-order valence-corrected chi connectivity index (χ2v) is 3.47. The van der Waals surface area contributed by atoms with Crippen LogP contribution < -0.4 is 5.73 Å². The fourth-order valence-corrected chi connectivity index (χ4v) is 1.82. The Morgan fingerprint density at radius 1 is 1.43 bits per heavy atom. The summed E-state index contributed by atoms with van der Waals surface area (Å²) in [6, 6.07) is 7.68. The molecule has 1 heterocycles. The molecule has 3 heteroatoms. The molecule has 1 aliphatic rings. The summed E-state index contributed by atoms with van der Waals surface area (Å²) < 4.78 is 0. The van der Waals surface area contributed by atoms with Crippen LogP contribution in [0, 0.1) is 0 Å². The van der Waals surface area contributed by atoms with Crippen molar-refractivity contribution in [1.29, 1.82) is 0 Å². The number of carbonyl (C=O) groups excluding carboxylic acids is 1. The fraction of sp³-hybridized carbons (Fsp3) is 0.273. The van der Waals surface area contributed by atoms with Crippen LogP contribution in [0.5, 0.6) is 0 Å². The quantitative estimate of drug-likeness (QED) is 0.724. The van der Waals surface area contributed by atoms with Gasteiger partial charge < -0.3 is 10.5 Å². The number of para-hydroxylation sites is 1. The van der Waals surface area contributed by atoms with Gasteiger partial charge in [-0.3, -0.25) is 4.99 Å². The van der Waals surface area contributed by atoms with E-state index < -0.39 is 5.41 Å². The van der Waals surface area contributed by atoms with Crippen LogP contribution in [0.2, 0.25) is 0 Å². The molecule has 3 nitrogen and oxygen atoms in total. The van der Waals surface area contributed by atoms with Gasteiger partial charge in [0.15, 0.2) is 0 Å². The first kappa shape index (κ1) is 9.09. The molecule has 72 valence electrons. The van der Waals surface area contributed by atoms with Gasteiger partial charge in [-0.05, 0) is 24.6 Å². The summed E-state index contributed by atoms with van der Waals surface area (Å²) in [4.78, 5) is 15.4. The molecule has 0 spiro atoms. The van der Waals surface area contributed by atoms with Gasteiger partial charge in [0.05, 0.1) is 11.1 Å². The molecule has 0 amide bonds. The van der Waals surface area contributed by atoms with Gasteiger partial charge in [-0.25, -0.2) is 0 Å². The Morgan fingerprint density at radius 2 is 2.21 bits per heavy atom. The van der Waals surface area contributed by atoms with Crippen LogP contribution >= 0.6 is 0 Å². The number of hydrogen-bond acceptors (Lipinski definition) is 3. The Hall–Kier alpha value is -1.48. The molecular weight excluding hydrogens is 176 g/mol. The lowest BCUT2D eigenvalue weighted by Crippen LogP contribution is -2.30. The van der Waals surface area contributed by atoms with Gasteiger partial charge in [-0.1, -0.05) is 18.2 Å². The lowest BCUT2D eigenvalue weighted by Gasteiger charge is -2.19. The topological polar surface area (TPSA) is 55.5 Å². The zero-order valence-electron chi connectivity index (χ0n) is 7.81. The van der Waals surface area contributed by atoms with Crippen LogP contribution in [0.1, 0.15) is 12.0 Å². The van der Waals surface area contributed by atoms with Gasteiger partial charge in [-0.2, -0.15) is 0 Å². The number of nitrogens with zero attached hydrogens (tertiary/aromatic N) is 1. The van der Waals surface area contributed by atoms with E-state index in [0.717, 1.165) is 17.5 Å². The average Bonchev–Trinajstić information content (AvgIpc) is 2.59. The first-order chi connectivity index (χ1) is 6.82. The Kier molecular flexibility index (Phi) is 2.17. The Bertz CT molecular complexity index is 387. The van der Waals surface area contributed by atoms with Crippen molar-refractivity contribution in [3.8, 4) is 0 Å².